The number of rotatable bonds is 9. The third-order valence-electron chi connectivity index (χ3n) is 10.5. The lowest BCUT2D eigenvalue weighted by molar-refractivity contribution is -0.259. The minimum absolute atomic E-state index is 0.133. The van der Waals surface area contributed by atoms with Gasteiger partial charge in [-0.05, 0) is 91.3 Å². The maximum atomic E-state index is 14.6. The molecule has 258 valence electrons. The van der Waals surface area contributed by atoms with E-state index in [4.69, 9.17) is 42.1 Å². The van der Waals surface area contributed by atoms with Crippen molar-refractivity contribution < 1.29 is 28.8 Å². The van der Waals surface area contributed by atoms with Crippen LogP contribution in [0.25, 0.3) is 0 Å². The van der Waals surface area contributed by atoms with Crippen LogP contribution in [0, 0.1) is 5.41 Å². The van der Waals surface area contributed by atoms with E-state index >= 15 is 0 Å². The summed E-state index contributed by atoms with van der Waals surface area (Å²) in [7, 11) is 0. The fourth-order valence-electron chi connectivity index (χ4n) is 8.37. The first-order valence-corrected chi connectivity index (χ1v) is 17.6. The van der Waals surface area contributed by atoms with Crippen LogP contribution in [0.1, 0.15) is 35.2 Å². The molecule has 1 N–H and O–H groups in total. The molecular weight excluding hydrogens is 673 g/mol. The fraction of sp³-hybridized carbons (Fsp3) is 0.293. The molecule has 1 amide bonds. The predicted molar refractivity (Wildman–Crippen MR) is 194 cm³/mol. The molecule has 9 heteroatoms. The van der Waals surface area contributed by atoms with E-state index in [1.54, 1.807) is 37.2 Å². The highest BCUT2D eigenvalue weighted by molar-refractivity contribution is 6.42. The molecule has 1 saturated heterocycles. The summed E-state index contributed by atoms with van der Waals surface area (Å²) in [5.41, 5.74) is -3.20. The lowest BCUT2D eigenvalue weighted by Gasteiger charge is -2.64. The highest BCUT2D eigenvalue weighted by Gasteiger charge is 2.73. The molecule has 6 unspecified atom stereocenters. The Balaban J connectivity index is 1.53. The Morgan fingerprint density at radius 1 is 0.760 bits per heavy atom. The zero-order valence-electron chi connectivity index (χ0n) is 27.4. The van der Waals surface area contributed by atoms with Crippen molar-refractivity contribution >= 4 is 29.1 Å². The second-order valence-electron chi connectivity index (χ2n) is 13.1. The van der Waals surface area contributed by atoms with Gasteiger partial charge < -0.3 is 29.0 Å². The number of hydrogen-bond acceptors (Lipinski definition) is 6. The number of carbonyl (C=O) groups excluding carboxylic acids is 1. The van der Waals surface area contributed by atoms with Crippen molar-refractivity contribution in [2.75, 3.05) is 13.1 Å². The SMILES string of the molecule is O=C(c1ccccc1)N1CCCC(c2ccc(Cl)c(Cl)c2)(C(O)(C2C=CC=CO2)C(CC2C=CC=CO2)(C2C=CC=CO2)C2C=CC=CO2)C1. The van der Waals surface area contributed by atoms with E-state index in [1.165, 1.54) is 0 Å². The summed E-state index contributed by atoms with van der Waals surface area (Å²) in [5, 5.41) is 15.4. The van der Waals surface area contributed by atoms with Crippen molar-refractivity contribution in [2.24, 2.45) is 5.41 Å². The van der Waals surface area contributed by atoms with Gasteiger partial charge in [-0.1, -0.05) is 71.8 Å². The molecule has 2 aromatic rings. The quantitative estimate of drug-likeness (QED) is 0.283. The summed E-state index contributed by atoms with van der Waals surface area (Å²) >= 11 is 13.4. The number of piperidine rings is 1. The number of aliphatic hydroxyl groups is 1. The van der Waals surface area contributed by atoms with Crippen molar-refractivity contribution in [1.29, 1.82) is 0 Å². The zero-order chi connectivity index (χ0) is 34.6. The smallest absolute Gasteiger partial charge is 0.253 e. The van der Waals surface area contributed by atoms with Gasteiger partial charge in [0.15, 0.2) is 0 Å². The van der Waals surface area contributed by atoms with Gasteiger partial charge in [0, 0.05) is 30.5 Å². The standard InChI is InChI=1S/C41H39Cl2NO6/c42-33-20-19-31(27-34(33)43)39(21-12-22-44(29-39)38(45)30-13-2-1-3-14-30)41(46,37-18-7-11-26-50-37)40(35-16-5-9-24-48-35,36-17-6-10-25-49-36)28-32-15-4-8-23-47-32/h1-11,13-20,23-27,32,35-37,46H,12,21-22,28-29H2. The van der Waals surface area contributed by atoms with E-state index < -0.39 is 40.8 Å². The molecule has 5 aliphatic heterocycles. The molecule has 6 atom stereocenters. The summed E-state index contributed by atoms with van der Waals surface area (Å²) in [6, 6.07) is 14.7. The normalized spacial score (nSPS) is 28.9. The summed E-state index contributed by atoms with van der Waals surface area (Å²) in [6.45, 7) is 0.625. The highest BCUT2D eigenvalue weighted by Crippen LogP contribution is 2.61. The van der Waals surface area contributed by atoms with Crippen molar-refractivity contribution in [3.63, 3.8) is 0 Å². The second kappa shape index (κ2) is 14.4. The topological polar surface area (TPSA) is 77.5 Å². The minimum atomic E-state index is -1.90. The largest absolute Gasteiger partial charge is 0.494 e. The van der Waals surface area contributed by atoms with Crippen LogP contribution < -0.4 is 0 Å². The minimum Gasteiger partial charge on any atom is -0.494 e. The molecule has 0 aliphatic carbocycles. The van der Waals surface area contributed by atoms with Crippen LogP contribution >= 0.6 is 23.2 Å². The van der Waals surface area contributed by atoms with Crippen molar-refractivity contribution in [2.45, 2.75) is 54.7 Å². The Labute approximate surface area is 302 Å². The van der Waals surface area contributed by atoms with E-state index in [0.717, 1.165) is 0 Å². The van der Waals surface area contributed by atoms with E-state index in [9.17, 15) is 9.90 Å². The first-order chi connectivity index (χ1) is 24.4. The number of hydrogen-bond donors (Lipinski definition) is 1. The fourth-order valence-corrected chi connectivity index (χ4v) is 8.67. The van der Waals surface area contributed by atoms with Gasteiger partial charge in [0.05, 0.1) is 40.5 Å². The number of carbonyl (C=O) groups is 1. The molecule has 1 fully saturated rings. The average molecular weight is 713 g/mol. The van der Waals surface area contributed by atoms with Gasteiger partial charge in [-0.15, -0.1) is 0 Å². The lowest BCUT2D eigenvalue weighted by Crippen LogP contribution is -2.77. The van der Waals surface area contributed by atoms with Crippen LogP contribution in [-0.4, -0.2) is 59.0 Å². The second-order valence-corrected chi connectivity index (χ2v) is 13.9. The number of likely N-dealkylation sites (tertiary alicyclic amines) is 1. The number of allylic oxidation sites excluding steroid dienone is 8. The van der Waals surface area contributed by atoms with Gasteiger partial charge in [-0.2, -0.15) is 0 Å². The summed E-state index contributed by atoms with van der Waals surface area (Å²) in [4.78, 5) is 16.2. The van der Waals surface area contributed by atoms with Gasteiger partial charge in [0.25, 0.3) is 5.91 Å². The van der Waals surface area contributed by atoms with Gasteiger partial charge in [0.2, 0.25) is 0 Å². The molecule has 7 rings (SSSR count). The van der Waals surface area contributed by atoms with Crippen LogP contribution in [0.4, 0.5) is 0 Å². The number of ether oxygens (including phenoxy) is 4. The first kappa shape index (κ1) is 34.0. The maximum absolute atomic E-state index is 14.6. The Bertz CT molecular complexity index is 1780. The third-order valence-corrected chi connectivity index (χ3v) is 11.3. The van der Waals surface area contributed by atoms with Crippen LogP contribution in [0.5, 0.6) is 0 Å². The van der Waals surface area contributed by atoms with Crippen LogP contribution in [0.2, 0.25) is 10.0 Å². The number of benzene rings is 2. The number of halogens is 2. The Morgan fingerprint density at radius 2 is 1.36 bits per heavy atom. The first-order valence-electron chi connectivity index (χ1n) is 16.9. The Kier molecular flexibility index (Phi) is 9.82. The molecule has 7 nitrogen and oxygen atoms in total. The average Bonchev–Trinajstić information content (AvgIpc) is 3.19. The number of nitrogens with zero attached hydrogens (tertiary/aromatic N) is 1. The predicted octanol–water partition coefficient (Wildman–Crippen LogP) is 8.15. The summed E-state index contributed by atoms with van der Waals surface area (Å²) in [6.07, 6.45) is 27.5. The molecule has 0 saturated carbocycles. The van der Waals surface area contributed by atoms with Crippen LogP contribution in [-0.2, 0) is 24.4 Å². The molecule has 2 aromatic carbocycles. The highest BCUT2D eigenvalue weighted by atomic mass is 35.5. The number of amides is 1. The van der Waals surface area contributed by atoms with Crippen molar-refractivity contribution in [3.05, 3.63) is 168 Å². The monoisotopic (exact) mass is 711 g/mol. The zero-order valence-corrected chi connectivity index (χ0v) is 28.9. The van der Waals surface area contributed by atoms with Crippen LogP contribution in [0.3, 0.4) is 0 Å². The Hall–Kier alpha value is -4.43. The Morgan fingerprint density at radius 3 is 1.92 bits per heavy atom. The van der Waals surface area contributed by atoms with E-state index in [0.29, 0.717) is 40.6 Å². The molecule has 5 heterocycles. The van der Waals surface area contributed by atoms with Gasteiger partial charge in [-0.3, -0.25) is 4.79 Å². The summed E-state index contributed by atoms with van der Waals surface area (Å²) in [5.74, 6) is -0.139. The van der Waals surface area contributed by atoms with Gasteiger partial charge in [0.1, 0.15) is 30.0 Å². The molecule has 0 bridgehead atoms. The molecule has 0 aromatic heterocycles. The third kappa shape index (κ3) is 5.91. The van der Waals surface area contributed by atoms with Gasteiger partial charge >= 0.3 is 0 Å². The van der Waals surface area contributed by atoms with Crippen molar-refractivity contribution in [1.82, 2.24) is 4.90 Å². The van der Waals surface area contributed by atoms with E-state index in [1.807, 2.05) is 114 Å². The maximum Gasteiger partial charge on any atom is 0.253 e. The van der Waals surface area contributed by atoms with Crippen LogP contribution in [0.15, 0.2) is 146 Å². The van der Waals surface area contributed by atoms with Gasteiger partial charge in [-0.25, -0.2) is 0 Å². The summed E-state index contributed by atoms with van der Waals surface area (Å²) < 4.78 is 25.8. The molecule has 5 aliphatic rings. The molecule has 0 spiro atoms. The lowest BCUT2D eigenvalue weighted by atomic mass is 9.46. The molecular formula is C41H39Cl2NO6. The van der Waals surface area contributed by atoms with Crippen molar-refractivity contribution in [3.8, 4) is 0 Å². The van der Waals surface area contributed by atoms with E-state index in [-0.39, 0.29) is 18.9 Å². The molecule has 0 radical (unpaired) electrons. The molecule has 50 heavy (non-hydrogen) atoms. The van der Waals surface area contributed by atoms with E-state index in [2.05, 4.69) is 0 Å².